The Morgan fingerprint density at radius 2 is 1.81 bits per heavy atom. The van der Waals surface area contributed by atoms with Crippen LogP contribution in [0.1, 0.15) is 37.1 Å². The Hall–Kier alpha value is -0.470. The van der Waals surface area contributed by atoms with Crippen molar-refractivity contribution in [2.24, 2.45) is 11.7 Å². The molecule has 16 heavy (non-hydrogen) atoms. The van der Waals surface area contributed by atoms with E-state index in [-0.39, 0.29) is 6.04 Å². The van der Waals surface area contributed by atoms with E-state index in [1.54, 1.807) is 0 Å². The van der Waals surface area contributed by atoms with Crippen LogP contribution in [0.25, 0.3) is 0 Å². The van der Waals surface area contributed by atoms with Gasteiger partial charge in [0.05, 0.1) is 0 Å². The van der Waals surface area contributed by atoms with Gasteiger partial charge in [0.15, 0.2) is 0 Å². The number of hydrogen-bond donors (Lipinski definition) is 1. The fourth-order valence-corrected chi connectivity index (χ4v) is 3.07. The van der Waals surface area contributed by atoms with Crippen LogP contribution >= 0.6 is 11.8 Å². The molecule has 2 unspecified atom stereocenters. The lowest BCUT2D eigenvalue weighted by molar-refractivity contribution is 0.704. The Balaban J connectivity index is 2.82. The average molecular weight is 237 g/mol. The summed E-state index contributed by atoms with van der Waals surface area (Å²) in [5.74, 6) is 1.89. The third kappa shape index (κ3) is 3.84. The molecule has 1 aromatic rings. The second-order valence-corrected chi connectivity index (χ2v) is 6.04. The molecule has 0 aliphatic rings. The van der Waals surface area contributed by atoms with E-state index in [0.29, 0.717) is 5.25 Å². The Kier molecular flexibility index (Phi) is 5.36. The first-order chi connectivity index (χ1) is 7.52. The van der Waals surface area contributed by atoms with Crippen molar-refractivity contribution in [3.05, 3.63) is 35.4 Å². The highest BCUT2D eigenvalue weighted by Crippen LogP contribution is 2.34. The van der Waals surface area contributed by atoms with E-state index in [1.807, 2.05) is 11.8 Å². The molecule has 0 aliphatic heterocycles. The Morgan fingerprint density at radius 1 is 1.19 bits per heavy atom. The van der Waals surface area contributed by atoms with Crippen LogP contribution in [0.4, 0.5) is 0 Å². The quantitative estimate of drug-likeness (QED) is 0.843. The average Bonchev–Trinajstić information content (AvgIpc) is 2.20. The van der Waals surface area contributed by atoms with E-state index in [4.69, 9.17) is 5.73 Å². The van der Waals surface area contributed by atoms with Crippen LogP contribution < -0.4 is 5.73 Å². The largest absolute Gasteiger partial charge is 0.327 e. The Labute approximate surface area is 104 Å². The molecule has 2 heteroatoms. The topological polar surface area (TPSA) is 26.0 Å². The van der Waals surface area contributed by atoms with Crippen LogP contribution in [0.2, 0.25) is 0 Å². The molecule has 1 nitrogen and oxygen atoms in total. The molecule has 0 heterocycles. The molecular formula is C14H23NS. The van der Waals surface area contributed by atoms with Gasteiger partial charge in [0.1, 0.15) is 0 Å². The van der Waals surface area contributed by atoms with E-state index >= 15 is 0 Å². The minimum Gasteiger partial charge on any atom is -0.327 e. The SMILES string of the molecule is Cc1ccccc1C(SCC(C)C)C(C)N. The van der Waals surface area contributed by atoms with Crippen molar-refractivity contribution < 1.29 is 0 Å². The smallest absolute Gasteiger partial charge is 0.0448 e. The Bertz CT molecular complexity index is 320. The van der Waals surface area contributed by atoms with Gasteiger partial charge in [-0.2, -0.15) is 11.8 Å². The van der Waals surface area contributed by atoms with Gasteiger partial charge in [0.25, 0.3) is 0 Å². The maximum Gasteiger partial charge on any atom is 0.0448 e. The minimum absolute atomic E-state index is 0.199. The number of benzene rings is 1. The first kappa shape index (κ1) is 13.6. The summed E-state index contributed by atoms with van der Waals surface area (Å²) in [6, 6.07) is 8.76. The molecule has 0 aromatic heterocycles. The summed E-state index contributed by atoms with van der Waals surface area (Å²) in [5.41, 5.74) is 8.84. The zero-order valence-electron chi connectivity index (χ0n) is 10.7. The molecule has 0 aliphatic carbocycles. The zero-order valence-corrected chi connectivity index (χ0v) is 11.6. The first-order valence-corrected chi connectivity index (χ1v) is 7.00. The van der Waals surface area contributed by atoms with E-state index in [0.717, 1.165) is 5.92 Å². The molecule has 0 spiro atoms. The van der Waals surface area contributed by atoms with Gasteiger partial charge in [0, 0.05) is 11.3 Å². The zero-order chi connectivity index (χ0) is 12.1. The van der Waals surface area contributed by atoms with Gasteiger partial charge in [-0.15, -0.1) is 0 Å². The summed E-state index contributed by atoms with van der Waals surface area (Å²) in [6.45, 7) is 8.78. The van der Waals surface area contributed by atoms with Gasteiger partial charge >= 0.3 is 0 Å². The number of nitrogens with two attached hydrogens (primary N) is 1. The number of aryl methyl sites for hydroxylation is 1. The van der Waals surface area contributed by atoms with Gasteiger partial charge in [0.2, 0.25) is 0 Å². The molecular weight excluding hydrogens is 214 g/mol. The van der Waals surface area contributed by atoms with Crippen molar-refractivity contribution in [1.82, 2.24) is 0 Å². The normalized spacial score (nSPS) is 15.1. The fraction of sp³-hybridized carbons (Fsp3) is 0.571. The highest BCUT2D eigenvalue weighted by molar-refractivity contribution is 7.99. The summed E-state index contributed by atoms with van der Waals surface area (Å²) in [6.07, 6.45) is 0. The van der Waals surface area contributed by atoms with Crippen molar-refractivity contribution in [3.8, 4) is 0 Å². The van der Waals surface area contributed by atoms with Crippen molar-refractivity contribution >= 4 is 11.8 Å². The third-order valence-electron chi connectivity index (χ3n) is 2.58. The van der Waals surface area contributed by atoms with Crippen LogP contribution in [0.15, 0.2) is 24.3 Å². The first-order valence-electron chi connectivity index (χ1n) is 5.95. The number of hydrogen-bond acceptors (Lipinski definition) is 2. The van der Waals surface area contributed by atoms with Gasteiger partial charge in [-0.05, 0) is 36.6 Å². The van der Waals surface area contributed by atoms with Crippen LogP contribution in [0.3, 0.4) is 0 Å². The molecule has 0 saturated heterocycles. The highest BCUT2D eigenvalue weighted by Gasteiger charge is 2.18. The maximum atomic E-state index is 6.10. The molecule has 2 atom stereocenters. The lowest BCUT2D eigenvalue weighted by Gasteiger charge is -2.23. The summed E-state index contributed by atoms with van der Waals surface area (Å²) in [5, 5.41) is 0.420. The molecule has 0 radical (unpaired) electrons. The minimum atomic E-state index is 0.199. The summed E-state index contributed by atoms with van der Waals surface area (Å²) >= 11 is 1.98. The van der Waals surface area contributed by atoms with E-state index in [9.17, 15) is 0 Å². The van der Waals surface area contributed by atoms with Crippen LogP contribution in [-0.2, 0) is 0 Å². The van der Waals surface area contributed by atoms with Crippen molar-refractivity contribution in [2.45, 2.75) is 39.0 Å². The monoisotopic (exact) mass is 237 g/mol. The van der Waals surface area contributed by atoms with Crippen molar-refractivity contribution in [3.63, 3.8) is 0 Å². The lowest BCUT2D eigenvalue weighted by Crippen LogP contribution is -2.23. The third-order valence-corrected chi connectivity index (χ3v) is 4.48. The lowest BCUT2D eigenvalue weighted by atomic mass is 10.0. The molecule has 0 amide bonds. The van der Waals surface area contributed by atoms with E-state index in [1.165, 1.54) is 16.9 Å². The standard InChI is InChI=1S/C14H23NS/c1-10(2)9-16-14(12(4)15)13-8-6-5-7-11(13)3/h5-8,10,12,14H,9,15H2,1-4H3. The van der Waals surface area contributed by atoms with Crippen molar-refractivity contribution in [2.75, 3.05) is 5.75 Å². The summed E-state index contributed by atoms with van der Waals surface area (Å²) in [4.78, 5) is 0. The van der Waals surface area contributed by atoms with Gasteiger partial charge in [-0.3, -0.25) is 0 Å². The molecule has 1 aromatic carbocycles. The van der Waals surface area contributed by atoms with Crippen LogP contribution in [0.5, 0.6) is 0 Å². The van der Waals surface area contributed by atoms with Gasteiger partial charge in [-0.25, -0.2) is 0 Å². The molecule has 0 saturated carbocycles. The summed E-state index contributed by atoms with van der Waals surface area (Å²) < 4.78 is 0. The van der Waals surface area contributed by atoms with Crippen LogP contribution in [0, 0.1) is 12.8 Å². The summed E-state index contributed by atoms with van der Waals surface area (Å²) in [7, 11) is 0. The predicted molar refractivity (Wildman–Crippen MR) is 74.9 cm³/mol. The van der Waals surface area contributed by atoms with E-state index in [2.05, 4.69) is 52.0 Å². The van der Waals surface area contributed by atoms with Crippen molar-refractivity contribution in [1.29, 1.82) is 0 Å². The molecule has 0 bridgehead atoms. The second-order valence-electron chi connectivity index (χ2n) is 4.86. The number of rotatable bonds is 5. The predicted octanol–water partition coefficient (Wildman–Crippen LogP) is 3.77. The second kappa shape index (κ2) is 6.31. The maximum absolute atomic E-state index is 6.10. The van der Waals surface area contributed by atoms with Gasteiger partial charge in [-0.1, -0.05) is 38.1 Å². The molecule has 90 valence electrons. The van der Waals surface area contributed by atoms with E-state index < -0.39 is 0 Å². The number of thioether (sulfide) groups is 1. The van der Waals surface area contributed by atoms with Gasteiger partial charge < -0.3 is 5.73 Å². The molecule has 2 N–H and O–H groups in total. The molecule has 1 rings (SSSR count). The van der Waals surface area contributed by atoms with Crippen LogP contribution in [-0.4, -0.2) is 11.8 Å². The Morgan fingerprint density at radius 3 is 2.31 bits per heavy atom. The highest BCUT2D eigenvalue weighted by atomic mass is 32.2. The molecule has 0 fully saturated rings. The fourth-order valence-electron chi connectivity index (χ4n) is 1.73.